The molecule has 0 aliphatic carbocycles. The summed E-state index contributed by atoms with van der Waals surface area (Å²) in [6.45, 7) is 2.10. The van der Waals surface area contributed by atoms with Crippen molar-refractivity contribution in [3.8, 4) is 0 Å². The Kier molecular flexibility index (Phi) is 8.18. The standard InChI is InChI=1S/C16H22N2O4S/c1-11-3-5-12(6-4-11)14(19)7-9-17-16(22)18-13(15(20)21)8-10-23-2/h3-6,13H,7-10H2,1-2H3,(H,20,21)(H2,17,18,22). The van der Waals surface area contributed by atoms with Crippen LogP contribution in [0.25, 0.3) is 0 Å². The van der Waals surface area contributed by atoms with E-state index < -0.39 is 18.0 Å². The molecule has 0 saturated carbocycles. The van der Waals surface area contributed by atoms with Crippen LogP contribution in [0.5, 0.6) is 0 Å². The lowest BCUT2D eigenvalue weighted by Gasteiger charge is -2.14. The molecule has 0 heterocycles. The molecule has 0 aliphatic heterocycles. The molecular formula is C16H22N2O4S. The molecule has 23 heavy (non-hydrogen) atoms. The Labute approximate surface area is 140 Å². The number of urea groups is 1. The number of benzene rings is 1. The van der Waals surface area contributed by atoms with Crippen LogP contribution in [0.2, 0.25) is 0 Å². The third-order valence-corrected chi connectivity index (χ3v) is 3.87. The van der Waals surface area contributed by atoms with Crippen LogP contribution in [-0.4, -0.2) is 47.5 Å². The highest BCUT2D eigenvalue weighted by Crippen LogP contribution is 2.05. The second kappa shape index (κ2) is 9.89. The first kappa shape index (κ1) is 19.0. The van der Waals surface area contributed by atoms with Crippen molar-refractivity contribution in [2.45, 2.75) is 25.8 Å². The number of nitrogens with one attached hydrogen (secondary N) is 2. The number of thioether (sulfide) groups is 1. The number of ketones is 1. The summed E-state index contributed by atoms with van der Waals surface area (Å²) in [7, 11) is 0. The van der Waals surface area contributed by atoms with Crippen LogP contribution < -0.4 is 10.6 Å². The Morgan fingerprint density at radius 2 is 1.87 bits per heavy atom. The quantitative estimate of drug-likeness (QED) is 0.599. The number of aliphatic carboxylic acids is 1. The number of Topliss-reactive ketones (excluding diaryl/α,β-unsaturated/α-hetero) is 1. The summed E-state index contributed by atoms with van der Waals surface area (Å²) in [6.07, 6.45) is 2.39. The topological polar surface area (TPSA) is 95.5 Å². The molecule has 0 spiro atoms. The fraction of sp³-hybridized carbons (Fsp3) is 0.438. The van der Waals surface area contributed by atoms with Gasteiger partial charge in [-0.1, -0.05) is 29.8 Å². The summed E-state index contributed by atoms with van der Waals surface area (Å²) in [4.78, 5) is 34.7. The molecule has 0 radical (unpaired) electrons. The molecule has 0 bridgehead atoms. The smallest absolute Gasteiger partial charge is 0.326 e. The first-order chi connectivity index (χ1) is 10.9. The minimum Gasteiger partial charge on any atom is -0.480 e. The molecule has 3 N–H and O–H groups in total. The van der Waals surface area contributed by atoms with E-state index in [1.54, 1.807) is 12.1 Å². The average Bonchev–Trinajstić information content (AvgIpc) is 2.51. The highest BCUT2D eigenvalue weighted by molar-refractivity contribution is 7.98. The molecule has 1 rings (SSSR count). The van der Waals surface area contributed by atoms with Gasteiger partial charge >= 0.3 is 12.0 Å². The van der Waals surface area contributed by atoms with Crippen molar-refractivity contribution in [3.05, 3.63) is 35.4 Å². The van der Waals surface area contributed by atoms with Gasteiger partial charge < -0.3 is 15.7 Å². The summed E-state index contributed by atoms with van der Waals surface area (Å²) in [6, 6.07) is 5.72. The van der Waals surface area contributed by atoms with Crippen molar-refractivity contribution >= 4 is 29.5 Å². The van der Waals surface area contributed by atoms with Crippen LogP contribution >= 0.6 is 11.8 Å². The predicted molar refractivity (Wildman–Crippen MR) is 91.1 cm³/mol. The van der Waals surface area contributed by atoms with Crippen molar-refractivity contribution in [3.63, 3.8) is 0 Å². The Balaban J connectivity index is 2.36. The van der Waals surface area contributed by atoms with Gasteiger partial charge in [-0.3, -0.25) is 4.79 Å². The molecule has 2 amide bonds. The van der Waals surface area contributed by atoms with Crippen LogP contribution in [0.4, 0.5) is 4.79 Å². The Morgan fingerprint density at radius 3 is 2.43 bits per heavy atom. The van der Waals surface area contributed by atoms with Crippen LogP contribution in [0.15, 0.2) is 24.3 Å². The fourth-order valence-corrected chi connectivity index (χ4v) is 2.35. The van der Waals surface area contributed by atoms with Gasteiger partial charge in [-0.05, 0) is 25.4 Å². The van der Waals surface area contributed by atoms with Gasteiger partial charge in [0.2, 0.25) is 0 Å². The molecule has 1 aromatic carbocycles. The molecule has 6 nitrogen and oxygen atoms in total. The third-order valence-electron chi connectivity index (χ3n) is 3.23. The van der Waals surface area contributed by atoms with E-state index in [9.17, 15) is 14.4 Å². The summed E-state index contributed by atoms with van der Waals surface area (Å²) >= 11 is 1.52. The van der Waals surface area contributed by atoms with Crippen molar-refractivity contribution in [1.29, 1.82) is 0 Å². The zero-order valence-corrected chi connectivity index (χ0v) is 14.1. The Hall–Kier alpha value is -2.02. The second-order valence-corrected chi connectivity index (χ2v) is 6.10. The number of carbonyl (C=O) groups is 3. The van der Waals surface area contributed by atoms with Gasteiger partial charge in [0.25, 0.3) is 0 Å². The molecular weight excluding hydrogens is 316 g/mol. The third kappa shape index (κ3) is 7.19. The van der Waals surface area contributed by atoms with Crippen molar-refractivity contribution < 1.29 is 19.5 Å². The summed E-state index contributed by atoms with van der Waals surface area (Å²) in [5, 5.41) is 13.9. The molecule has 7 heteroatoms. The monoisotopic (exact) mass is 338 g/mol. The van der Waals surface area contributed by atoms with E-state index in [-0.39, 0.29) is 18.7 Å². The molecule has 0 fully saturated rings. The van der Waals surface area contributed by atoms with E-state index in [2.05, 4.69) is 10.6 Å². The van der Waals surface area contributed by atoms with Gasteiger partial charge in [-0.2, -0.15) is 11.8 Å². The maximum absolute atomic E-state index is 11.9. The fourth-order valence-electron chi connectivity index (χ4n) is 1.88. The molecule has 0 aliphatic rings. The number of rotatable bonds is 9. The zero-order chi connectivity index (χ0) is 17.2. The number of hydrogen-bond acceptors (Lipinski definition) is 4. The van der Waals surface area contributed by atoms with Crippen LogP contribution in [0.3, 0.4) is 0 Å². The Morgan fingerprint density at radius 1 is 1.22 bits per heavy atom. The lowest BCUT2D eigenvalue weighted by atomic mass is 10.1. The summed E-state index contributed by atoms with van der Waals surface area (Å²) < 4.78 is 0. The average molecular weight is 338 g/mol. The van der Waals surface area contributed by atoms with Crippen molar-refractivity contribution in [2.75, 3.05) is 18.6 Å². The normalized spacial score (nSPS) is 11.6. The highest BCUT2D eigenvalue weighted by Gasteiger charge is 2.19. The SMILES string of the molecule is CSCCC(NC(=O)NCCC(=O)c1ccc(C)cc1)C(=O)O. The maximum Gasteiger partial charge on any atom is 0.326 e. The summed E-state index contributed by atoms with van der Waals surface area (Å²) in [5.41, 5.74) is 1.67. The van der Waals surface area contributed by atoms with Gasteiger partial charge in [0.15, 0.2) is 5.78 Å². The number of hydrogen-bond donors (Lipinski definition) is 3. The zero-order valence-electron chi connectivity index (χ0n) is 13.3. The molecule has 1 atom stereocenters. The van der Waals surface area contributed by atoms with Crippen LogP contribution in [-0.2, 0) is 4.79 Å². The van der Waals surface area contributed by atoms with Gasteiger partial charge in [0.05, 0.1) is 0 Å². The van der Waals surface area contributed by atoms with Crippen molar-refractivity contribution in [1.82, 2.24) is 10.6 Å². The largest absolute Gasteiger partial charge is 0.480 e. The maximum atomic E-state index is 11.9. The highest BCUT2D eigenvalue weighted by atomic mass is 32.2. The number of carbonyl (C=O) groups excluding carboxylic acids is 2. The lowest BCUT2D eigenvalue weighted by Crippen LogP contribution is -2.46. The molecule has 0 saturated heterocycles. The minimum absolute atomic E-state index is 0.0672. The van der Waals surface area contributed by atoms with Crippen LogP contribution in [0, 0.1) is 6.92 Å². The van der Waals surface area contributed by atoms with E-state index >= 15 is 0 Å². The van der Waals surface area contributed by atoms with E-state index in [4.69, 9.17) is 5.11 Å². The molecule has 1 aromatic rings. The van der Waals surface area contributed by atoms with E-state index in [1.165, 1.54) is 11.8 Å². The van der Waals surface area contributed by atoms with Gasteiger partial charge in [-0.15, -0.1) is 0 Å². The van der Waals surface area contributed by atoms with E-state index in [1.807, 2.05) is 25.3 Å². The predicted octanol–water partition coefficient (Wildman–Crippen LogP) is 2.07. The number of carboxylic acids is 1. The van der Waals surface area contributed by atoms with E-state index in [0.717, 1.165) is 5.56 Å². The first-order valence-electron chi connectivity index (χ1n) is 7.30. The number of carboxylic acid groups (broad SMARTS) is 1. The Bertz CT molecular complexity index is 546. The number of amides is 2. The molecule has 0 aromatic heterocycles. The lowest BCUT2D eigenvalue weighted by molar-refractivity contribution is -0.139. The summed E-state index contributed by atoms with van der Waals surface area (Å²) in [5.74, 6) is -0.490. The first-order valence-corrected chi connectivity index (χ1v) is 8.69. The van der Waals surface area contributed by atoms with Gasteiger partial charge in [0.1, 0.15) is 6.04 Å². The minimum atomic E-state index is -1.06. The van der Waals surface area contributed by atoms with Gasteiger partial charge in [-0.25, -0.2) is 9.59 Å². The van der Waals surface area contributed by atoms with Gasteiger partial charge in [0, 0.05) is 18.5 Å². The second-order valence-electron chi connectivity index (χ2n) is 5.11. The van der Waals surface area contributed by atoms with Crippen LogP contribution in [0.1, 0.15) is 28.8 Å². The number of aryl methyl sites for hydroxylation is 1. The van der Waals surface area contributed by atoms with Crippen molar-refractivity contribution in [2.24, 2.45) is 0 Å². The molecule has 1 unspecified atom stereocenters. The molecule has 126 valence electrons. The van der Waals surface area contributed by atoms with E-state index in [0.29, 0.717) is 17.7 Å².